The van der Waals surface area contributed by atoms with E-state index in [2.05, 4.69) is 9.62 Å². The molecule has 0 radical (unpaired) electrons. The number of hydrogen-bond donors (Lipinski definition) is 1. The molecule has 32 heavy (non-hydrogen) atoms. The van der Waals surface area contributed by atoms with Crippen LogP contribution >= 0.6 is 11.6 Å². The van der Waals surface area contributed by atoms with E-state index in [1.54, 1.807) is 12.1 Å². The Hall–Kier alpha value is -1.81. The van der Waals surface area contributed by atoms with Gasteiger partial charge in [0.25, 0.3) is 10.0 Å². The summed E-state index contributed by atoms with van der Waals surface area (Å²) in [5, 5.41) is 0.438. The first-order chi connectivity index (χ1) is 15.3. The number of benzene rings is 2. The van der Waals surface area contributed by atoms with Crippen LogP contribution in [-0.4, -0.2) is 47.3 Å². The summed E-state index contributed by atoms with van der Waals surface area (Å²) in [6.07, 6.45) is 6.13. The van der Waals surface area contributed by atoms with Gasteiger partial charge in [-0.25, -0.2) is 16.8 Å². The molecule has 10 heteroatoms. The second-order valence-electron chi connectivity index (χ2n) is 8.25. The number of nitrogens with zero attached hydrogens (tertiary/aromatic N) is 2. The molecule has 0 amide bonds. The molecule has 174 valence electrons. The molecule has 0 spiro atoms. The van der Waals surface area contributed by atoms with Crippen LogP contribution in [0.25, 0.3) is 0 Å². The SMILES string of the molecule is O=S(=O)(Nc1cc(Cl)ccc1N1CCCCCC1)c1ccc(S(=O)(=O)N2CCCC2)cc1. The van der Waals surface area contributed by atoms with E-state index >= 15 is 0 Å². The molecule has 2 aromatic carbocycles. The molecule has 0 unspecified atom stereocenters. The van der Waals surface area contributed by atoms with Crippen molar-refractivity contribution in [2.24, 2.45) is 0 Å². The van der Waals surface area contributed by atoms with Gasteiger partial charge in [0.1, 0.15) is 0 Å². The van der Waals surface area contributed by atoms with Crippen molar-refractivity contribution in [2.45, 2.75) is 48.3 Å². The Morgan fingerprint density at radius 3 is 1.91 bits per heavy atom. The summed E-state index contributed by atoms with van der Waals surface area (Å²) in [5.41, 5.74) is 1.22. The highest BCUT2D eigenvalue weighted by atomic mass is 35.5. The molecule has 7 nitrogen and oxygen atoms in total. The molecular weight excluding hydrogens is 470 g/mol. The van der Waals surface area contributed by atoms with Crippen molar-refractivity contribution in [2.75, 3.05) is 35.8 Å². The number of nitrogens with one attached hydrogen (secondary N) is 1. The van der Waals surface area contributed by atoms with Gasteiger partial charge >= 0.3 is 0 Å². The Morgan fingerprint density at radius 2 is 1.28 bits per heavy atom. The van der Waals surface area contributed by atoms with Gasteiger partial charge in [-0.2, -0.15) is 4.31 Å². The van der Waals surface area contributed by atoms with Gasteiger partial charge in [0.2, 0.25) is 10.0 Å². The van der Waals surface area contributed by atoms with Gasteiger partial charge in [-0.15, -0.1) is 0 Å². The lowest BCUT2D eigenvalue weighted by molar-refractivity contribution is 0.477. The van der Waals surface area contributed by atoms with Crippen LogP contribution in [0.4, 0.5) is 11.4 Å². The monoisotopic (exact) mass is 497 g/mol. The minimum atomic E-state index is -3.93. The topological polar surface area (TPSA) is 86.8 Å². The van der Waals surface area contributed by atoms with Crippen LogP contribution in [0.15, 0.2) is 52.3 Å². The molecule has 0 aromatic heterocycles. The summed E-state index contributed by atoms with van der Waals surface area (Å²) in [6.45, 7) is 2.72. The average molecular weight is 498 g/mol. The summed E-state index contributed by atoms with van der Waals surface area (Å²) in [7, 11) is -7.52. The molecule has 1 N–H and O–H groups in total. The summed E-state index contributed by atoms with van der Waals surface area (Å²) < 4.78 is 55.7. The van der Waals surface area contributed by atoms with Crippen LogP contribution in [0.3, 0.4) is 0 Å². The van der Waals surface area contributed by atoms with Gasteiger partial charge in [0.05, 0.1) is 21.2 Å². The first kappa shape index (κ1) is 23.4. The molecular formula is C22H28ClN3O4S2. The summed E-state index contributed by atoms with van der Waals surface area (Å²) in [4.78, 5) is 2.29. The zero-order valence-corrected chi connectivity index (χ0v) is 20.2. The fraction of sp³-hybridized carbons (Fsp3) is 0.455. The Morgan fingerprint density at radius 1 is 0.719 bits per heavy atom. The van der Waals surface area contributed by atoms with Crippen LogP contribution in [0.2, 0.25) is 5.02 Å². The standard InChI is InChI=1S/C22H28ClN3O4S2/c23-18-7-12-22(25-13-3-1-2-4-14-25)21(17-18)24-31(27,28)19-8-10-20(11-9-19)32(29,30)26-15-5-6-16-26/h7-12,17,24H,1-6,13-16H2. The van der Waals surface area contributed by atoms with Gasteiger partial charge in [-0.05, 0) is 68.1 Å². The van der Waals surface area contributed by atoms with E-state index in [1.807, 2.05) is 6.07 Å². The van der Waals surface area contributed by atoms with Crippen LogP contribution < -0.4 is 9.62 Å². The van der Waals surface area contributed by atoms with Gasteiger partial charge in [-0.1, -0.05) is 24.4 Å². The fourth-order valence-electron chi connectivity index (χ4n) is 4.25. The highest BCUT2D eigenvalue weighted by Crippen LogP contribution is 2.33. The normalized spacial score (nSPS) is 18.5. The summed E-state index contributed by atoms with van der Waals surface area (Å²) >= 11 is 6.17. The van der Waals surface area contributed by atoms with Crippen molar-refractivity contribution in [3.8, 4) is 0 Å². The van der Waals surface area contributed by atoms with Crippen molar-refractivity contribution in [1.29, 1.82) is 0 Å². The Bertz CT molecular complexity index is 1150. The van der Waals surface area contributed by atoms with E-state index in [9.17, 15) is 16.8 Å². The molecule has 0 atom stereocenters. The zero-order valence-electron chi connectivity index (χ0n) is 17.8. The zero-order chi connectivity index (χ0) is 22.8. The first-order valence-electron chi connectivity index (χ1n) is 10.9. The van der Waals surface area contributed by atoms with Crippen molar-refractivity contribution >= 4 is 43.0 Å². The van der Waals surface area contributed by atoms with Crippen LogP contribution in [-0.2, 0) is 20.0 Å². The molecule has 2 aliphatic heterocycles. The summed E-state index contributed by atoms with van der Waals surface area (Å²) in [6, 6.07) is 10.6. The van der Waals surface area contributed by atoms with E-state index in [1.165, 1.54) is 28.6 Å². The van der Waals surface area contributed by atoms with Crippen molar-refractivity contribution in [3.63, 3.8) is 0 Å². The number of rotatable bonds is 6. The quantitative estimate of drug-likeness (QED) is 0.642. The van der Waals surface area contributed by atoms with E-state index in [0.717, 1.165) is 57.3 Å². The fourth-order valence-corrected chi connectivity index (χ4v) is 7.00. The maximum atomic E-state index is 13.1. The van der Waals surface area contributed by atoms with Crippen molar-refractivity contribution < 1.29 is 16.8 Å². The van der Waals surface area contributed by atoms with E-state index < -0.39 is 20.0 Å². The lowest BCUT2D eigenvalue weighted by atomic mass is 10.2. The lowest BCUT2D eigenvalue weighted by Crippen LogP contribution is -2.28. The molecule has 0 bridgehead atoms. The smallest absolute Gasteiger partial charge is 0.261 e. The molecule has 4 rings (SSSR count). The lowest BCUT2D eigenvalue weighted by Gasteiger charge is -2.26. The second kappa shape index (κ2) is 9.59. The predicted octanol–water partition coefficient (Wildman–Crippen LogP) is 4.31. The number of anilines is 2. The van der Waals surface area contributed by atoms with Gasteiger partial charge in [0, 0.05) is 31.2 Å². The first-order valence-corrected chi connectivity index (χ1v) is 14.2. The third kappa shape index (κ3) is 5.06. The largest absolute Gasteiger partial charge is 0.370 e. The Kier molecular flexibility index (Phi) is 7.00. The molecule has 0 aliphatic carbocycles. The third-order valence-electron chi connectivity index (χ3n) is 5.99. The average Bonchev–Trinajstić information content (AvgIpc) is 3.19. The maximum absolute atomic E-state index is 13.1. The Labute approximate surface area is 195 Å². The highest BCUT2D eigenvalue weighted by molar-refractivity contribution is 7.92. The number of hydrogen-bond acceptors (Lipinski definition) is 5. The Balaban J connectivity index is 1.59. The van der Waals surface area contributed by atoms with Crippen LogP contribution in [0.1, 0.15) is 38.5 Å². The van der Waals surface area contributed by atoms with Crippen LogP contribution in [0, 0.1) is 0 Å². The van der Waals surface area contributed by atoms with Crippen molar-refractivity contribution in [1.82, 2.24) is 4.31 Å². The van der Waals surface area contributed by atoms with Gasteiger partial charge < -0.3 is 4.90 Å². The molecule has 2 fully saturated rings. The maximum Gasteiger partial charge on any atom is 0.261 e. The highest BCUT2D eigenvalue weighted by Gasteiger charge is 2.28. The van der Waals surface area contributed by atoms with E-state index in [-0.39, 0.29) is 9.79 Å². The molecule has 2 aliphatic rings. The van der Waals surface area contributed by atoms with Gasteiger partial charge in [-0.3, -0.25) is 4.72 Å². The number of halogens is 1. The van der Waals surface area contributed by atoms with Crippen LogP contribution in [0.5, 0.6) is 0 Å². The summed E-state index contributed by atoms with van der Waals surface area (Å²) in [5.74, 6) is 0. The minimum Gasteiger partial charge on any atom is -0.370 e. The van der Waals surface area contributed by atoms with E-state index in [4.69, 9.17) is 11.6 Å². The predicted molar refractivity (Wildman–Crippen MR) is 127 cm³/mol. The molecule has 2 heterocycles. The molecule has 2 saturated heterocycles. The number of sulfonamides is 2. The minimum absolute atomic E-state index is 0.000311. The van der Waals surface area contributed by atoms with Gasteiger partial charge in [0.15, 0.2) is 0 Å². The van der Waals surface area contributed by atoms with Crippen molar-refractivity contribution in [3.05, 3.63) is 47.5 Å². The third-order valence-corrected chi connectivity index (χ3v) is 9.52. The molecule has 0 saturated carbocycles. The molecule has 2 aromatic rings. The van der Waals surface area contributed by atoms with E-state index in [0.29, 0.717) is 23.8 Å². The second-order valence-corrected chi connectivity index (χ2v) is 12.3.